The summed E-state index contributed by atoms with van der Waals surface area (Å²) in [6.45, 7) is 8.83. The zero-order chi connectivity index (χ0) is 39.5. The number of hydrogen-bond donors (Lipinski definition) is 5. The van der Waals surface area contributed by atoms with Crippen molar-refractivity contribution in [2.24, 2.45) is 46.8 Å². The third-order valence-electron chi connectivity index (χ3n) is 15.1. The number of nitrogens with one attached hydrogen (secondary N) is 4. The smallest absolute Gasteiger partial charge is 0.350 e. The van der Waals surface area contributed by atoms with Crippen molar-refractivity contribution in [2.45, 2.75) is 134 Å². The summed E-state index contributed by atoms with van der Waals surface area (Å²) in [5.41, 5.74) is -2.01. The van der Waals surface area contributed by atoms with Crippen molar-refractivity contribution in [1.29, 1.82) is 0 Å². The number of hydrogen-bond acceptors (Lipinski definition) is 10. The normalized spacial score (nSPS) is 40.7. The summed E-state index contributed by atoms with van der Waals surface area (Å²) in [7, 11) is 1.93. The van der Waals surface area contributed by atoms with Crippen LogP contribution in [0.25, 0.3) is 0 Å². The predicted molar refractivity (Wildman–Crippen MR) is 218 cm³/mol. The zero-order valence-corrected chi connectivity index (χ0v) is 34.6. The highest BCUT2D eigenvalue weighted by Gasteiger charge is 2.87. The summed E-state index contributed by atoms with van der Waals surface area (Å²) >= 11 is 0. The molecule has 0 aromatic carbocycles. The minimum atomic E-state index is -1.97. The number of ketones is 2. The van der Waals surface area contributed by atoms with Crippen LogP contribution in [0.1, 0.15) is 111 Å². The van der Waals surface area contributed by atoms with Crippen LogP contribution in [-0.2, 0) is 23.9 Å². The molecule has 0 radical (unpaired) electrons. The van der Waals surface area contributed by atoms with Gasteiger partial charge in [-0.3, -0.25) is 14.9 Å². The summed E-state index contributed by atoms with van der Waals surface area (Å²) in [6.07, 6.45) is 25.5. The maximum atomic E-state index is 15.2. The Balaban J connectivity index is 1.14. The Morgan fingerprint density at radius 2 is 1.91 bits per heavy atom. The number of carbonyl (C=O) groups is 3. The number of carbonyl (C=O) groups excluding carboxylic acids is 3. The van der Waals surface area contributed by atoms with E-state index in [1.807, 2.05) is 14.0 Å². The number of ether oxygens (including phenoxy) is 2. The van der Waals surface area contributed by atoms with E-state index < -0.39 is 29.0 Å². The fourth-order valence-electron chi connectivity index (χ4n) is 11.9. The molecule has 12 atom stereocenters. The van der Waals surface area contributed by atoms with Crippen LogP contribution in [0.15, 0.2) is 47.6 Å². The lowest BCUT2D eigenvalue weighted by Crippen LogP contribution is -2.60. The van der Waals surface area contributed by atoms with Gasteiger partial charge >= 0.3 is 5.97 Å². The second-order valence-electron chi connectivity index (χ2n) is 18.8. The summed E-state index contributed by atoms with van der Waals surface area (Å²) in [4.78, 5) is 45.0. The fourth-order valence-corrected chi connectivity index (χ4v) is 11.9. The van der Waals surface area contributed by atoms with Gasteiger partial charge in [0.1, 0.15) is 0 Å². The SMILES string of the molecule is CCN[C@H]1C[C@@H]2C=CCC[C@@H]2C[C@H]1COC(=O)[C@]12O[C@@]1(CC(CO)=C(C)CCC1CCNC(NCNC)C1)C(=O)C1CCCC(C[C@@]3(C)C=CC=CC3)C1C2=O. The molecule has 3 saturated carbocycles. The van der Waals surface area contributed by atoms with Gasteiger partial charge in [0.25, 0.3) is 5.60 Å². The Hall–Kier alpha value is -2.47. The first-order valence-corrected chi connectivity index (χ1v) is 22.2. The number of aliphatic hydroxyl groups is 1. The first-order chi connectivity index (χ1) is 27.1. The van der Waals surface area contributed by atoms with Crippen molar-refractivity contribution < 1.29 is 29.0 Å². The monoisotopic (exact) mass is 775 g/mol. The molecule has 5 unspecified atom stereocenters. The number of Topliss-reactive ketones (excluding diaryl/α,β-unsaturated/α-hetero) is 2. The predicted octanol–water partition coefficient (Wildman–Crippen LogP) is 5.68. The standard InChI is InChI=1S/C46H70N4O6/c1-5-48-38-24-33-13-8-7-12-32(33)23-35(38)28-55-43(54)46-42(53)40-34(25-44(3)19-9-6-10-20-44)14-11-15-37(40)41(52)45(46,56-46)26-36(27-51)30(2)16-17-31-18-21-49-39(22-31)50-29-47-4/h6,8-10,13,19,31-35,37-40,47-51H,5,7,11-12,14-18,20-29H2,1-4H3/t31?,32-,33+,34?,35+,37?,38+,39?,40?,44+,45+,46+/m1/s1. The summed E-state index contributed by atoms with van der Waals surface area (Å²) < 4.78 is 12.8. The molecule has 7 aliphatic rings. The number of piperidine rings is 1. The molecule has 5 N–H and O–H groups in total. The zero-order valence-electron chi connectivity index (χ0n) is 34.6. The lowest BCUT2D eigenvalue weighted by atomic mass is 9.55. The van der Waals surface area contributed by atoms with Crippen molar-refractivity contribution in [1.82, 2.24) is 21.3 Å². The molecule has 10 nitrogen and oxygen atoms in total. The van der Waals surface area contributed by atoms with Crippen LogP contribution in [-0.4, -0.2) is 86.1 Å². The number of allylic oxidation sites excluding steroid dienone is 7. The molecule has 0 spiro atoms. The molecule has 5 fully saturated rings. The third-order valence-corrected chi connectivity index (χ3v) is 15.1. The molecule has 0 aromatic heterocycles. The Morgan fingerprint density at radius 3 is 2.68 bits per heavy atom. The molecule has 2 heterocycles. The van der Waals surface area contributed by atoms with Gasteiger partial charge in [0.15, 0.2) is 17.2 Å². The van der Waals surface area contributed by atoms with Gasteiger partial charge in [-0.1, -0.05) is 62.3 Å². The van der Waals surface area contributed by atoms with Gasteiger partial charge in [0.2, 0.25) is 0 Å². The van der Waals surface area contributed by atoms with E-state index in [1.54, 1.807) is 0 Å². The van der Waals surface area contributed by atoms with Crippen LogP contribution in [0, 0.1) is 46.8 Å². The van der Waals surface area contributed by atoms with E-state index in [0.717, 1.165) is 102 Å². The molecule has 2 saturated heterocycles. The molecule has 0 bridgehead atoms. The highest BCUT2D eigenvalue weighted by molar-refractivity contribution is 6.23. The third kappa shape index (κ3) is 8.22. The quantitative estimate of drug-likeness (QED) is 0.0438. The first kappa shape index (κ1) is 41.7. The summed E-state index contributed by atoms with van der Waals surface area (Å²) in [5.74, 6) is -0.482. The van der Waals surface area contributed by atoms with Crippen LogP contribution in [0.2, 0.25) is 0 Å². The van der Waals surface area contributed by atoms with Gasteiger partial charge in [0.05, 0.1) is 19.4 Å². The molecular formula is C46H70N4O6. The molecule has 56 heavy (non-hydrogen) atoms. The highest BCUT2D eigenvalue weighted by atomic mass is 16.7. The van der Waals surface area contributed by atoms with Gasteiger partial charge in [-0.2, -0.15) is 0 Å². The molecule has 0 amide bonds. The van der Waals surface area contributed by atoms with Crippen LogP contribution in [0.5, 0.6) is 0 Å². The highest BCUT2D eigenvalue weighted by Crippen LogP contribution is 2.64. The Bertz CT molecular complexity index is 1570. The van der Waals surface area contributed by atoms with Crippen LogP contribution < -0.4 is 21.3 Å². The minimum absolute atomic E-state index is 0.0306. The van der Waals surface area contributed by atoms with Gasteiger partial charge in [-0.05, 0) is 139 Å². The number of epoxide rings is 1. The van der Waals surface area contributed by atoms with Crippen molar-refractivity contribution in [3.8, 4) is 0 Å². The molecule has 10 heteroatoms. The number of esters is 1. The van der Waals surface area contributed by atoms with Gasteiger partial charge in [-0.15, -0.1) is 0 Å². The van der Waals surface area contributed by atoms with E-state index in [4.69, 9.17) is 9.47 Å². The maximum Gasteiger partial charge on any atom is 0.350 e. The Kier molecular flexibility index (Phi) is 13.2. The van der Waals surface area contributed by atoms with Crippen molar-refractivity contribution in [3.63, 3.8) is 0 Å². The van der Waals surface area contributed by atoms with E-state index in [9.17, 15) is 9.90 Å². The number of rotatable bonds is 16. The van der Waals surface area contributed by atoms with Gasteiger partial charge < -0.3 is 30.5 Å². The van der Waals surface area contributed by atoms with E-state index in [-0.39, 0.29) is 60.7 Å². The molecule has 5 aliphatic carbocycles. The van der Waals surface area contributed by atoms with E-state index in [0.29, 0.717) is 29.7 Å². The van der Waals surface area contributed by atoms with E-state index in [1.165, 1.54) is 0 Å². The molecule has 310 valence electrons. The van der Waals surface area contributed by atoms with Crippen LogP contribution in [0.3, 0.4) is 0 Å². The Labute approximate surface area is 335 Å². The lowest BCUT2D eigenvalue weighted by Gasteiger charge is -2.44. The molecule has 7 rings (SSSR count). The number of aliphatic hydroxyl groups excluding tert-OH is 1. The van der Waals surface area contributed by atoms with Crippen LogP contribution in [0.4, 0.5) is 0 Å². The van der Waals surface area contributed by atoms with Gasteiger partial charge in [0, 0.05) is 36.9 Å². The Morgan fingerprint density at radius 1 is 1.05 bits per heavy atom. The van der Waals surface area contributed by atoms with Crippen molar-refractivity contribution >= 4 is 17.5 Å². The molecular weight excluding hydrogens is 705 g/mol. The van der Waals surface area contributed by atoms with Gasteiger partial charge in [-0.25, -0.2) is 4.79 Å². The van der Waals surface area contributed by atoms with Crippen molar-refractivity contribution in [3.05, 3.63) is 47.6 Å². The van der Waals surface area contributed by atoms with Crippen LogP contribution >= 0.6 is 0 Å². The number of fused-ring (bicyclic) bond motifs is 3. The maximum absolute atomic E-state index is 15.2. The first-order valence-electron chi connectivity index (χ1n) is 22.2. The second kappa shape index (κ2) is 17.8. The topological polar surface area (TPSA) is 141 Å². The summed E-state index contributed by atoms with van der Waals surface area (Å²) in [5, 5.41) is 24.7. The average molecular weight is 775 g/mol. The minimum Gasteiger partial charge on any atom is -0.463 e. The largest absolute Gasteiger partial charge is 0.463 e. The fraction of sp³-hybridized carbons (Fsp3) is 0.761. The van der Waals surface area contributed by atoms with E-state index >= 15 is 9.59 Å². The van der Waals surface area contributed by atoms with E-state index in [2.05, 4.69) is 71.6 Å². The molecule has 0 aromatic rings. The molecule has 2 aliphatic heterocycles. The van der Waals surface area contributed by atoms with Crippen molar-refractivity contribution in [2.75, 3.05) is 40.0 Å². The second-order valence-corrected chi connectivity index (χ2v) is 18.8. The summed E-state index contributed by atoms with van der Waals surface area (Å²) in [6, 6.07) is 0.203. The lowest BCUT2D eigenvalue weighted by molar-refractivity contribution is -0.161. The average Bonchev–Trinajstić information content (AvgIpc) is 3.91.